The Bertz CT molecular complexity index is 833. The van der Waals surface area contributed by atoms with Crippen LogP contribution in [0.4, 0.5) is 0 Å². The second kappa shape index (κ2) is 21.0. The van der Waals surface area contributed by atoms with Crippen LogP contribution in [-0.4, -0.2) is 40.0 Å². The van der Waals surface area contributed by atoms with Gasteiger partial charge in [-0.2, -0.15) is 0 Å². The minimum Gasteiger partial charge on any atom is -0.0956 e. The molecule has 1 saturated carbocycles. The summed E-state index contributed by atoms with van der Waals surface area (Å²) in [5.41, 5.74) is 2.55. The molecule has 3 aromatic rings. The standard InChI is InChI=1S/3C8H11P.C8H12.Ru/c3*1-9(2)8-6-4-3-5-7-8;1-7-5-3-4-6-8(7)2;/h3*3-7H,1-2H3;1-6H2;/p+3. The van der Waals surface area contributed by atoms with Gasteiger partial charge in [0.05, 0.1) is 55.9 Å². The number of allylic oxidation sites excluding steroid dienone is 2. The van der Waals surface area contributed by atoms with Crippen molar-refractivity contribution >= 4 is 39.7 Å². The summed E-state index contributed by atoms with van der Waals surface area (Å²) in [5.74, 6) is 0. The van der Waals surface area contributed by atoms with E-state index in [0.717, 1.165) is 0 Å². The zero-order chi connectivity index (χ0) is 26.1. The Hall–Kier alpha value is -0.947. The summed E-state index contributed by atoms with van der Waals surface area (Å²) < 4.78 is 0. The van der Waals surface area contributed by atoms with Gasteiger partial charge in [-0.3, -0.25) is 0 Å². The van der Waals surface area contributed by atoms with Crippen molar-refractivity contribution in [3.8, 4) is 0 Å². The van der Waals surface area contributed by atoms with Crippen molar-refractivity contribution in [2.24, 2.45) is 0 Å². The van der Waals surface area contributed by atoms with Gasteiger partial charge in [0, 0.05) is 43.2 Å². The van der Waals surface area contributed by atoms with Crippen LogP contribution in [0.15, 0.2) is 115 Å². The Morgan fingerprint density at radius 3 is 0.806 bits per heavy atom. The van der Waals surface area contributed by atoms with E-state index in [1.54, 1.807) is 0 Å². The molecular weight excluding hydrogens is 578 g/mol. The van der Waals surface area contributed by atoms with Crippen LogP contribution >= 0.6 is 23.8 Å². The second-order valence-electron chi connectivity index (χ2n) is 9.51. The van der Waals surface area contributed by atoms with Gasteiger partial charge in [-0.05, 0) is 62.1 Å². The van der Waals surface area contributed by atoms with Crippen molar-refractivity contribution in [1.29, 1.82) is 0 Å². The summed E-state index contributed by atoms with van der Waals surface area (Å²) >= 11 is 0. The van der Waals surface area contributed by atoms with Gasteiger partial charge in [-0.15, -0.1) is 0 Å². The fourth-order valence-electron chi connectivity index (χ4n) is 3.34. The van der Waals surface area contributed by atoms with Gasteiger partial charge in [0.25, 0.3) is 0 Å². The van der Waals surface area contributed by atoms with Crippen LogP contribution in [0, 0.1) is 0 Å². The molecule has 1 aliphatic carbocycles. The van der Waals surface area contributed by atoms with E-state index in [1.807, 2.05) is 0 Å². The summed E-state index contributed by atoms with van der Waals surface area (Å²) in [5, 5.41) is 4.55. The van der Waals surface area contributed by atoms with E-state index in [1.165, 1.54) is 52.7 Å². The first-order valence-corrected chi connectivity index (χ1v) is 20.1. The van der Waals surface area contributed by atoms with Crippen LogP contribution < -0.4 is 15.9 Å². The minimum atomic E-state index is -0.212. The van der Waals surface area contributed by atoms with Crippen LogP contribution in [-0.2, 0) is 19.5 Å². The fourth-order valence-corrected chi connectivity index (χ4v) is 5.92. The van der Waals surface area contributed by atoms with E-state index < -0.39 is 0 Å². The molecule has 3 aromatic carbocycles. The van der Waals surface area contributed by atoms with Crippen LogP contribution in [0.2, 0.25) is 0 Å². The smallest absolute Gasteiger partial charge is 0.0908 e. The molecule has 0 aliphatic heterocycles. The third-order valence-corrected chi connectivity index (χ3v) is 10.2. The number of hydrogen-bond donors (Lipinski definition) is 0. The molecule has 1 fully saturated rings. The molecule has 196 valence electrons. The average molecular weight is 627 g/mol. The molecule has 0 bridgehead atoms. The quantitative estimate of drug-likeness (QED) is 0.204. The second-order valence-corrected chi connectivity index (χ2v) is 17.2. The SMILES string of the molecule is C=C1CCCCC1=C.C[PH+](C)c1ccccc1.C[PH+](C)c1ccccc1.C[PH+](C)c1ccccc1.[Ru]. The number of benzene rings is 3. The van der Waals surface area contributed by atoms with Crippen LogP contribution in [0.1, 0.15) is 25.7 Å². The van der Waals surface area contributed by atoms with Crippen molar-refractivity contribution in [2.75, 3.05) is 40.0 Å². The topological polar surface area (TPSA) is 0 Å². The summed E-state index contributed by atoms with van der Waals surface area (Å²) in [6.07, 6.45) is 4.99. The Labute approximate surface area is 239 Å². The first-order valence-electron chi connectivity index (χ1n) is 12.6. The maximum atomic E-state index is 3.90. The molecule has 0 radical (unpaired) electrons. The molecule has 0 unspecified atom stereocenters. The molecule has 0 atom stereocenters. The first kappa shape index (κ1) is 35.1. The van der Waals surface area contributed by atoms with Crippen molar-refractivity contribution in [3.05, 3.63) is 115 Å². The van der Waals surface area contributed by atoms with Crippen molar-refractivity contribution in [1.82, 2.24) is 0 Å². The van der Waals surface area contributed by atoms with E-state index in [9.17, 15) is 0 Å². The molecule has 0 heterocycles. The molecule has 4 rings (SSSR count). The van der Waals surface area contributed by atoms with E-state index in [4.69, 9.17) is 0 Å². The van der Waals surface area contributed by atoms with Crippen molar-refractivity contribution < 1.29 is 19.5 Å². The summed E-state index contributed by atoms with van der Waals surface area (Å²) in [7, 11) is -0.637. The van der Waals surface area contributed by atoms with Gasteiger partial charge >= 0.3 is 0 Å². The van der Waals surface area contributed by atoms with Crippen LogP contribution in [0.3, 0.4) is 0 Å². The zero-order valence-electron chi connectivity index (χ0n) is 23.3. The van der Waals surface area contributed by atoms with Gasteiger partial charge in [0.15, 0.2) is 0 Å². The van der Waals surface area contributed by atoms with Crippen LogP contribution in [0.5, 0.6) is 0 Å². The summed E-state index contributed by atoms with van der Waals surface area (Å²) in [6, 6.07) is 32.0. The largest absolute Gasteiger partial charge is 0.0956 e. The zero-order valence-corrected chi connectivity index (χ0v) is 28.0. The average Bonchev–Trinajstić information content (AvgIpc) is 2.88. The van der Waals surface area contributed by atoms with Gasteiger partial charge in [-0.1, -0.05) is 78.9 Å². The first-order chi connectivity index (χ1) is 16.7. The van der Waals surface area contributed by atoms with Crippen molar-refractivity contribution in [2.45, 2.75) is 25.7 Å². The Morgan fingerprint density at radius 2 is 0.667 bits per heavy atom. The van der Waals surface area contributed by atoms with Gasteiger partial charge < -0.3 is 0 Å². The normalized spacial score (nSPS) is 12.4. The van der Waals surface area contributed by atoms with Gasteiger partial charge in [-0.25, -0.2) is 0 Å². The third-order valence-electron chi connectivity index (χ3n) is 5.76. The summed E-state index contributed by atoms with van der Waals surface area (Å²) in [6.45, 7) is 21.6. The van der Waals surface area contributed by atoms with E-state index in [-0.39, 0.29) is 43.2 Å². The maximum absolute atomic E-state index is 3.90. The monoisotopic (exact) mass is 627 g/mol. The summed E-state index contributed by atoms with van der Waals surface area (Å²) in [4.78, 5) is 0. The van der Waals surface area contributed by atoms with E-state index >= 15 is 0 Å². The van der Waals surface area contributed by atoms with Crippen molar-refractivity contribution in [3.63, 3.8) is 0 Å². The maximum Gasteiger partial charge on any atom is 0.0908 e. The van der Waals surface area contributed by atoms with Gasteiger partial charge in [0.2, 0.25) is 0 Å². The molecule has 36 heavy (non-hydrogen) atoms. The molecule has 4 heteroatoms. The third kappa shape index (κ3) is 16.0. The molecule has 0 spiro atoms. The van der Waals surface area contributed by atoms with Gasteiger partial charge in [0.1, 0.15) is 0 Å². The molecular formula is C32H48P3Ru+3. The predicted molar refractivity (Wildman–Crippen MR) is 175 cm³/mol. The Morgan fingerprint density at radius 1 is 0.444 bits per heavy atom. The fraction of sp³-hybridized carbons (Fsp3) is 0.312. The number of hydrogen-bond acceptors (Lipinski definition) is 0. The Balaban J connectivity index is 0.000000450. The Kier molecular flexibility index (Phi) is 20.5. The van der Waals surface area contributed by atoms with E-state index in [2.05, 4.69) is 144 Å². The van der Waals surface area contributed by atoms with Crippen LogP contribution in [0.25, 0.3) is 0 Å². The molecule has 0 nitrogen and oxygen atoms in total. The molecule has 0 aromatic heterocycles. The number of rotatable bonds is 3. The molecule has 0 saturated heterocycles. The molecule has 0 amide bonds. The molecule has 0 N–H and O–H groups in total. The molecule has 1 aliphatic rings. The predicted octanol–water partition coefficient (Wildman–Crippen LogP) is 8.03. The minimum absolute atomic E-state index is 0. The van der Waals surface area contributed by atoms with E-state index in [0.29, 0.717) is 0 Å².